The van der Waals surface area contributed by atoms with E-state index >= 15 is 0 Å². The Kier molecular flexibility index (Phi) is 6.85. The molecule has 1 aliphatic heterocycles. The number of benzene rings is 2. The highest BCUT2D eigenvalue weighted by Gasteiger charge is 2.46. The number of carbonyl (C=O) groups excluding carboxylic acids is 2. The van der Waals surface area contributed by atoms with Crippen LogP contribution in [0.5, 0.6) is 11.5 Å². The minimum absolute atomic E-state index is 0.100. The molecule has 6 nitrogen and oxygen atoms in total. The first-order valence-electron chi connectivity index (χ1n) is 9.80. The van der Waals surface area contributed by atoms with E-state index in [2.05, 4.69) is 0 Å². The zero-order valence-corrected chi connectivity index (χ0v) is 18.2. The van der Waals surface area contributed by atoms with E-state index in [1.807, 2.05) is 6.92 Å². The summed E-state index contributed by atoms with van der Waals surface area (Å²) in [5.41, 5.74) is 0.00629. The van der Waals surface area contributed by atoms with Gasteiger partial charge in [0.25, 0.3) is 11.7 Å². The Morgan fingerprint density at radius 2 is 1.84 bits per heavy atom. The van der Waals surface area contributed by atoms with Crippen LogP contribution in [0.25, 0.3) is 5.76 Å². The lowest BCUT2D eigenvalue weighted by atomic mass is 9.94. The van der Waals surface area contributed by atoms with Crippen molar-refractivity contribution in [2.75, 3.05) is 20.8 Å². The second-order valence-corrected chi connectivity index (χ2v) is 7.46. The topological polar surface area (TPSA) is 76.1 Å². The average Bonchev–Trinajstić information content (AvgIpc) is 3.01. The molecule has 0 aliphatic carbocycles. The van der Waals surface area contributed by atoms with Gasteiger partial charge in [-0.25, -0.2) is 4.39 Å². The van der Waals surface area contributed by atoms with Gasteiger partial charge in [-0.2, -0.15) is 0 Å². The molecule has 0 radical (unpaired) electrons. The van der Waals surface area contributed by atoms with Gasteiger partial charge in [-0.3, -0.25) is 9.59 Å². The minimum Gasteiger partial charge on any atom is -0.507 e. The van der Waals surface area contributed by atoms with Crippen LogP contribution in [0.2, 0.25) is 5.02 Å². The Morgan fingerprint density at radius 1 is 1.16 bits per heavy atom. The summed E-state index contributed by atoms with van der Waals surface area (Å²) in [6.07, 6.45) is 1.39. The molecule has 8 heteroatoms. The first kappa shape index (κ1) is 22.6. The molecule has 1 fully saturated rings. The molecule has 0 aromatic heterocycles. The van der Waals surface area contributed by atoms with Crippen molar-refractivity contribution in [3.63, 3.8) is 0 Å². The maximum atomic E-state index is 14.7. The number of hydrogen-bond donors (Lipinski definition) is 1. The number of nitrogens with zero attached hydrogens (tertiary/aromatic N) is 1. The van der Waals surface area contributed by atoms with Crippen molar-refractivity contribution >= 4 is 29.1 Å². The summed E-state index contributed by atoms with van der Waals surface area (Å²) in [7, 11) is 2.81. The Balaban J connectivity index is 2.26. The molecule has 2 aromatic rings. The van der Waals surface area contributed by atoms with Crippen LogP contribution >= 0.6 is 11.6 Å². The first-order chi connectivity index (χ1) is 14.8. The Morgan fingerprint density at radius 3 is 2.45 bits per heavy atom. The van der Waals surface area contributed by atoms with Gasteiger partial charge in [0.15, 0.2) is 0 Å². The van der Waals surface area contributed by atoms with Gasteiger partial charge in [-0.05, 0) is 18.6 Å². The van der Waals surface area contributed by atoms with Crippen molar-refractivity contribution in [3.8, 4) is 11.5 Å². The van der Waals surface area contributed by atoms with E-state index in [0.29, 0.717) is 12.2 Å². The average molecular weight is 448 g/mol. The van der Waals surface area contributed by atoms with Gasteiger partial charge in [0.1, 0.15) is 23.1 Å². The van der Waals surface area contributed by atoms with Crippen molar-refractivity contribution in [2.45, 2.75) is 25.8 Å². The summed E-state index contributed by atoms with van der Waals surface area (Å²) in [5.74, 6) is -2.26. The number of ketones is 1. The largest absolute Gasteiger partial charge is 0.507 e. The third kappa shape index (κ3) is 4.10. The maximum absolute atomic E-state index is 14.7. The molecule has 1 unspecified atom stereocenters. The van der Waals surface area contributed by atoms with Gasteiger partial charge in [0.05, 0.1) is 36.4 Å². The van der Waals surface area contributed by atoms with Crippen LogP contribution in [0.3, 0.4) is 0 Å². The third-order valence-corrected chi connectivity index (χ3v) is 5.52. The van der Waals surface area contributed by atoms with Crippen LogP contribution in [-0.4, -0.2) is 42.5 Å². The number of amides is 1. The number of aliphatic hydroxyl groups is 1. The molecule has 31 heavy (non-hydrogen) atoms. The molecule has 0 spiro atoms. The second-order valence-electron chi connectivity index (χ2n) is 7.05. The quantitative estimate of drug-likeness (QED) is 0.377. The van der Waals surface area contributed by atoms with E-state index in [9.17, 15) is 19.1 Å². The lowest BCUT2D eigenvalue weighted by Crippen LogP contribution is -2.31. The van der Waals surface area contributed by atoms with Crippen molar-refractivity contribution < 1.29 is 28.6 Å². The fraction of sp³-hybridized carbons (Fsp3) is 0.304. The van der Waals surface area contributed by atoms with Gasteiger partial charge >= 0.3 is 0 Å². The molecule has 3 rings (SSSR count). The fourth-order valence-electron chi connectivity index (χ4n) is 3.65. The summed E-state index contributed by atoms with van der Waals surface area (Å²) >= 11 is 6.21. The molecular formula is C23H23ClFNO5. The van der Waals surface area contributed by atoms with E-state index in [0.717, 1.165) is 6.42 Å². The highest BCUT2D eigenvalue weighted by atomic mass is 35.5. The van der Waals surface area contributed by atoms with E-state index in [1.54, 1.807) is 6.07 Å². The molecule has 1 saturated heterocycles. The van der Waals surface area contributed by atoms with E-state index in [1.165, 1.54) is 49.5 Å². The molecule has 1 atom stereocenters. The Labute approximate surface area is 184 Å². The Hall–Kier alpha value is -3.06. The predicted octanol–water partition coefficient (Wildman–Crippen LogP) is 4.72. The van der Waals surface area contributed by atoms with Gasteiger partial charge in [0.2, 0.25) is 0 Å². The molecule has 1 heterocycles. The number of halogens is 2. The van der Waals surface area contributed by atoms with E-state index in [4.69, 9.17) is 21.1 Å². The summed E-state index contributed by atoms with van der Waals surface area (Å²) in [5, 5.41) is 11.3. The molecular weight excluding hydrogens is 425 g/mol. The molecule has 0 saturated carbocycles. The van der Waals surface area contributed by atoms with E-state index in [-0.39, 0.29) is 34.0 Å². The summed E-state index contributed by atoms with van der Waals surface area (Å²) < 4.78 is 25.2. The van der Waals surface area contributed by atoms with Crippen molar-refractivity contribution in [1.82, 2.24) is 4.90 Å². The lowest BCUT2D eigenvalue weighted by Gasteiger charge is -2.25. The number of likely N-dealkylation sites (tertiary alicyclic amines) is 1. The maximum Gasteiger partial charge on any atom is 0.295 e. The second kappa shape index (κ2) is 9.39. The predicted molar refractivity (Wildman–Crippen MR) is 115 cm³/mol. The number of carbonyl (C=O) groups is 2. The molecule has 1 amide bonds. The molecule has 1 aliphatic rings. The number of methoxy groups -OCH3 is 2. The van der Waals surface area contributed by atoms with Crippen molar-refractivity contribution in [2.24, 2.45) is 0 Å². The van der Waals surface area contributed by atoms with Gasteiger partial charge in [0, 0.05) is 18.2 Å². The fourth-order valence-corrected chi connectivity index (χ4v) is 3.89. The van der Waals surface area contributed by atoms with Crippen LogP contribution in [0.4, 0.5) is 4.39 Å². The van der Waals surface area contributed by atoms with Crippen LogP contribution in [0.1, 0.15) is 36.9 Å². The van der Waals surface area contributed by atoms with Crippen molar-refractivity contribution in [3.05, 3.63) is 63.9 Å². The lowest BCUT2D eigenvalue weighted by molar-refractivity contribution is -0.139. The molecule has 0 bridgehead atoms. The standard InChI is InChI=1S/C23H23ClFNO5/c1-4-5-10-26-20(13-8-6-7-9-16(13)25)19(22(28)23(26)29)21(27)14-11-15(24)18(31-3)12-17(14)30-2/h6-9,11-12,20,27H,4-5,10H2,1-3H3/b21-19+. The number of ether oxygens (including phenoxy) is 2. The van der Waals surface area contributed by atoms with Gasteiger partial charge in [-0.1, -0.05) is 43.1 Å². The number of aliphatic hydroxyl groups excluding tert-OH is 1. The van der Waals surface area contributed by atoms with Gasteiger partial charge in [-0.15, -0.1) is 0 Å². The molecule has 164 valence electrons. The Bertz CT molecular complexity index is 1050. The third-order valence-electron chi connectivity index (χ3n) is 5.22. The molecule has 2 aromatic carbocycles. The summed E-state index contributed by atoms with van der Waals surface area (Å²) in [6, 6.07) is 7.65. The number of hydrogen-bond acceptors (Lipinski definition) is 5. The number of Topliss-reactive ketones (excluding diaryl/α,β-unsaturated/α-hetero) is 1. The zero-order valence-electron chi connectivity index (χ0n) is 17.4. The van der Waals surface area contributed by atoms with Crippen molar-refractivity contribution in [1.29, 1.82) is 0 Å². The highest BCUT2D eigenvalue weighted by molar-refractivity contribution is 6.46. The SMILES string of the molecule is CCCCN1C(=O)C(=O)/C(=C(/O)c2cc(Cl)c(OC)cc2OC)C1c1ccccc1F. The number of unbranched alkanes of at least 4 members (excludes halogenated alkanes) is 1. The monoisotopic (exact) mass is 447 g/mol. The highest BCUT2D eigenvalue weighted by Crippen LogP contribution is 2.43. The normalized spacial score (nSPS) is 17.8. The smallest absolute Gasteiger partial charge is 0.295 e. The van der Waals surface area contributed by atoms with Crippen LogP contribution in [0, 0.1) is 5.82 Å². The minimum atomic E-state index is -1.07. The van der Waals surface area contributed by atoms with Crippen LogP contribution in [0.15, 0.2) is 42.0 Å². The summed E-state index contributed by atoms with van der Waals surface area (Å²) in [6.45, 7) is 2.19. The van der Waals surface area contributed by atoms with Crippen LogP contribution in [-0.2, 0) is 9.59 Å². The molecule has 1 N–H and O–H groups in total. The van der Waals surface area contributed by atoms with E-state index < -0.39 is 29.3 Å². The zero-order chi connectivity index (χ0) is 22.7. The first-order valence-corrected chi connectivity index (χ1v) is 10.2. The summed E-state index contributed by atoms with van der Waals surface area (Å²) in [4.78, 5) is 27.1. The van der Waals surface area contributed by atoms with Gasteiger partial charge < -0.3 is 19.5 Å². The number of rotatable bonds is 7. The van der Waals surface area contributed by atoms with Crippen LogP contribution < -0.4 is 9.47 Å².